The Morgan fingerprint density at radius 1 is 1.47 bits per heavy atom. The average Bonchev–Trinajstić information content (AvgIpc) is 2.27. The fourth-order valence-corrected chi connectivity index (χ4v) is 1.60. The summed E-state index contributed by atoms with van der Waals surface area (Å²) >= 11 is 9.05. The Morgan fingerprint density at radius 2 is 2.24 bits per heavy atom. The molecule has 17 heavy (non-hydrogen) atoms. The van der Waals surface area contributed by atoms with Crippen LogP contribution in [0.5, 0.6) is 0 Å². The zero-order valence-electron chi connectivity index (χ0n) is 10.0. The van der Waals surface area contributed by atoms with E-state index in [1.54, 1.807) is 6.20 Å². The Balaban J connectivity index is 2.20. The van der Waals surface area contributed by atoms with Crippen LogP contribution in [0, 0.1) is 5.92 Å². The van der Waals surface area contributed by atoms with Crippen LogP contribution in [0.25, 0.3) is 0 Å². The standard InChI is InChI=1S/C11H17BrClN3O/c1-8(2)3-5-17-6-4-14-10-9(12)7-15-11(13)16-10/h7-8H,3-6H2,1-2H3,(H,14,15,16). The van der Waals surface area contributed by atoms with E-state index in [9.17, 15) is 0 Å². The van der Waals surface area contributed by atoms with Crippen molar-refractivity contribution in [2.45, 2.75) is 20.3 Å². The summed E-state index contributed by atoms with van der Waals surface area (Å²) in [4.78, 5) is 7.91. The predicted molar refractivity (Wildman–Crippen MR) is 73.5 cm³/mol. The summed E-state index contributed by atoms with van der Waals surface area (Å²) in [7, 11) is 0. The van der Waals surface area contributed by atoms with Gasteiger partial charge in [0.05, 0.1) is 11.1 Å². The summed E-state index contributed by atoms with van der Waals surface area (Å²) in [5.74, 6) is 1.37. The molecule has 0 unspecified atom stereocenters. The molecule has 0 aliphatic rings. The molecule has 1 heterocycles. The SMILES string of the molecule is CC(C)CCOCCNc1nc(Cl)ncc1Br. The first-order valence-corrected chi connectivity index (χ1v) is 6.76. The van der Waals surface area contributed by atoms with Crippen molar-refractivity contribution in [1.29, 1.82) is 0 Å². The van der Waals surface area contributed by atoms with Gasteiger partial charge in [-0.1, -0.05) is 13.8 Å². The Hall–Kier alpha value is -0.390. The van der Waals surface area contributed by atoms with E-state index in [2.05, 4.69) is 45.1 Å². The van der Waals surface area contributed by atoms with Crippen LogP contribution in [-0.2, 0) is 4.74 Å². The molecule has 1 rings (SSSR count). The fraction of sp³-hybridized carbons (Fsp3) is 0.636. The fourth-order valence-electron chi connectivity index (χ4n) is 1.13. The van der Waals surface area contributed by atoms with E-state index in [-0.39, 0.29) is 5.28 Å². The molecule has 1 aromatic heterocycles. The summed E-state index contributed by atoms with van der Waals surface area (Å²) in [6.45, 7) is 6.51. The van der Waals surface area contributed by atoms with Gasteiger partial charge in [-0.2, -0.15) is 4.98 Å². The second kappa shape index (κ2) is 7.84. The van der Waals surface area contributed by atoms with Gasteiger partial charge in [-0.15, -0.1) is 0 Å². The van der Waals surface area contributed by atoms with E-state index in [0.29, 0.717) is 24.9 Å². The highest BCUT2D eigenvalue weighted by Crippen LogP contribution is 2.19. The van der Waals surface area contributed by atoms with E-state index in [0.717, 1.165) is 17.5 Å². The molecule has 4 nitrogen and oxygen atoms in total. The van der Waals surface area contributed by atoms with Gasteiger partial charge in [-0.3, -0.25) is 0 Å². The molecule has 1 N–H and O–H groups in total. The van der Waals surface area contributed by atoms with Gasteiger partial charge in [0, 0.05) is 19.3 Å². The van der Waals surface area contributed by atoms with Crippen LogP contribution in [0.1, 0.15) is 20.3 Å². The number of halogens is 2. The molecule has 0 atom stereocenters. The predicted octanol–water partition coefficient (Wildman–Crippen LogP) is 3.37. The molecule has 0 radical (unpaired) electrons. The van der Waals surface area contributed by atoms with Crippen LogP contribution < -0.4 is 5.32 Å². The highest BCUT2D eigenvalue weighted by Gasteiger charge is 2.02. The van der Waals surface area contributed by atoms with E-state index >= 15 is 0 Å². The Kier molecular flexibility index (Phi) is 6.77. The lowest BCUT2D eigenvalue weighted by atomic mass is 10.1. The molecule has 0 bridgehead atoms. The first-order valence-electron chi connectivity index (χ1n) is 5.59. The Morgan fingerprint density at radius 3 is 2.94 bits per heavy atom. The first-order chi connectivity index (χ1) is 8.09. The van der Waals surface area contributed by atoms with Crippen LogP contribution in [-0.4, -0.2) is 29.7 Å². The highest BCUT2D eigenvalue weighted by atomic mass is 79.9. The number of rotatable bonds is 7. The molecule has 0 saturated heterocycles. The normalized spacial score (nSPS) is 10.9. The Bertz CT molecular complexity index is 349. The number of aromatic nitrogens is 2. The highest BCUT2D eigenvalue weighted by molar-refractivity contribution is 9.10. The molecule has 0 fully saturated rings. The van der Waals surface area contributed by atoms with Crippen molar-refractivity contribution in [3.63, 3.8) is 0 Å². The smallest absolute Gasteiger partial charge is 0.224 e. The van der Waals surface area contributed by atoms with Gasteiger partial charge >= 0.3 is 0 Å². The molecule has 6 heteroatoms. The molecule has 0 spiro atoms. The lowest BCUT2D eigenvalue weighted by Crippen LogP contribution is -2.12. The minimum atomic E-state index is 0.233. The zero-order chi connectivity index (χ0) is 12.7. The van der Waals surface area contributed by atoms with Gasteiger partial charge < -0.3 is 10.1 Å². The van der Waals surface area contributed by atoms with Crippen molar-refractivity contribution in [1.82, 2.24) is 9.97 Å². The van der Waals surface area contributed by atoms with Crippen molar-refractivity contribution in [3.8, 4) is 0 Å². The summed E-state index contributed by atoms with van der Waals surface area (Å²) in [6, 6.07) is 0. The number of hydrogen-bond donors (Lipinski definition) is 1. The molecule has 0 aromatic carbocycles. The number of nitrogens with one attached hydrogen (secondary N) is 1. The van der Waals surface area contributed by atoms with E-state index in [1.165, 1.54) is 0 Å². The lowest BCUT2D eigenvalue weighted by molar-refractivity contribution is 0.132. The van der Waals surface area contributed by atoms with Crippen molar-refractivity contribution in [2.75, 3.05) is 25.1 Å². The number of hydrogen-bond acceptors (Lipinski definition) is 4. The molecule has 1 aromatic rings. The van der Waals surface area contributed by atoms with Gasteiger partial charge in [0.25, 0.3) is 0 Å². The van der Waals surface area contributed by atoms with Crippen molar-refractivity contribution in [3.05, 3.63) is 16.0 Å². The van der Waals surface area contributed by atoms with Gasteiger partial charge in [-0.25, -0.2) is 4.98 Å². The minimum absolute atomic E-state index is 0.233. The third-order valence-corrected chi connectivity index (χ3v) is 2.86. The quantitative estimate of drug-likeness (QED) is 0.617. The molecule has 0 saturated carbocycles. The minimum Gasteiger partial charge on any atom is -0.380 e. The maximum absolute atomic E-state index is 5.70. The van der Waals surface area contributed by atoms with E-state index in [4.69, 9.17) is 16.3 Å². The van der Waals surface area contributed by atoms with Gasteiger partial charge in [0.15, 0.2) is 0 Å². The zero-order valence-corrected chi connectivity index (χ0v) is 12.4. The van der Waals surface area contributed by atoms with Gasteiger partial charge in [0.1, 0.15) is 5.82 Å². The van der Waals surface area contributed by atoms with E-state index < -0.39 is 0 Å². The average molecular weight is 323 g/mol. The summed E-state index contributed by atoms with van der Waals surface area (Å²) < 4.78 is 6.28. The molecule has 0 aliphatic carbocycles. The van der Waals surface area contributed by atoms with Crippen LogP contribution in [0.4, 0.5) is 5.82 Å². The van der Waals surface area contributed by atoms with Crippen LogP contribution in [0.3, 0.4) is 0 Å². The number of ether oxygens (including phenoxy) is 1. The van der Waals surface area contributed by atoms with Crippen molar-refractivity contribution < 1.29 is 4.74 Å². The third-order valence-electron chi connectivity index (χ3n) is 2.09. The largest absolute Gasteiger partial charge is 0.380 e. The number of nitrogens with zero attached hydrogens (tertiary/aromatic N) is 2. The lowest BCUT2D eigenvalue weighted by Gasteiger charge is -2.09. The van der Waals surface area contributed by atoms with Crippen LogP contribution in [0.2, 0.25) is 5.28 Å². The summed E-state index contributed by atoms with van der Waals surface area (Å²) in [6.07, 6.45) is 2.71. The molecule has 0 amide bonds. The third kappa shape index (κ3) is 6.19. The van der Waals surface area contributed by atoms with Gasteiger partial charge in [-0.05, 0) is 39.9 Å². The maximum Gasteiger partial charge on any atom is 0.224 e. The monoisotopic (exact) mass is 321 g/mol. The van der Waals surface area contributed by atoms with Crippen LogP contribution >= 0.6 is 27.5 Å². The molecular formula is C11H17BrClN3O. The first kappa shape index (κ1) is 14.7. The van der Waals surface area contributed by atoms with Crippen LogP contribution in [0.15, 0.2) is 10.7 Å². The topological polar surface area (TPSA) is 47.0 Å². The molecular weight excluding hydrogens is 305 g/mol. The second-order valence-electron chi connectivity index (χ2n) is 4.06. The second-order valence-corrected chi connectivity index (χ2v) is 5.25. The number of anilines is 1. The Labute approximate surface area is 115 Å². The maximum atomic E-state index is 5.70. The van der Waals surface area contributed by atoms with E-state index in [1.807, 2.05) is 0 Å². The molecule has 96 valence electrons. The summed E-state index contributed by atoms with van der Waals surface area (Å²) in [5.41, 5.74) is 0. The van der Waals surface area contributed by atoms with Gasteiger partial charge in [0.2, 0.25) is 5.28 Å². The van der Waals surface area contributed by atoms with Crippen molar-refractivity contribution in [2.24, 2.45) is 5.92 Å². The summed E-state index contributed by atoms with van der Waals surface area (Å²) in [5, 5.41) is 3.37. The molecule has 0 aliphatic heterocycles. The van der Waals surface area contributed by atoms with Crippen molar-refractivity contribution >= 4 is 33.3 Å².